The van der Waals surface area contributed by atoms with Crippen molar-refractivity contribution in [1.82, 2.24) is 10.2 Å². The number of benzene rings is 2. The molecule has 1 saturated heterocycles. The average Bonchev–Trinajstić information content (AvgIpc) is 3.02. The summed E-state index contributed by atoms with van der Waals surface area (Å²) in [6, 6.07) is 9.71. The summed E-state index contributed by atoms with van der Waals surface area (Å²) in [6.07, 6.45) is 6.74. The molecule has 4 rings (SSSR count). The van der Waals surface area contributed by atoms with Gasteiger partial charge in [-0.25, -0.2) is 9.18 Å². The molecule has 1 aliphatic heterocycles. The van der Waals surface area contributed by atoms with Crippen molar-refractivity contribution in [2.24, 2.45) is 0 Å². The summed E-state index contributed by atoms with van der Waals surface area (Å²) < 4.78 is 20.8. The van der Waals surface area contributed by atoms with Gasteiger partial charge in [-0.2, -0.15) is 0 Å². The molecule has 31 heavy (non-hydrogen) atoms. The fourth-order valence-corrected chi connectivity index (χ4v) is 6.05. The van der Waals surface area contributed by atoms with Crippen LogP contribution in [0.4, 0.5) is 9.18 Å². The van der Waals surface area contributed by atoms with Crippen molar-refractivity contribution in [3.63, 3.8) is 0 Å². The van der Waals surface area contributed by atoms with E-state index in [1.807, 2.05) is 12.1 Å². The first-order valence-electron chi connectivity index (χ1n) is 10.1. The summed E-state index contributed by atoms with van der Waals surface area (Å²) in [5, 5.41) is 2.74. The topological polar surface area (TPSA) is 58.6 Å². The van der Waals surface area contributed by atoms with E-state index < -0.39 is 0 Å². The first kappa shape index (κ1) is 22.5. The van der Waals surface area contributed by atoms with E-state index in [9.17, 15) is 14.0 Å². The Labute approximate surface area is 207 Å². The maximum atomic E-state index is 13.1. The monoisotopic (exact) mass is 646 g/mol. The summed E-state index contributed by atoms with van der Waals surface area (Å²) in [6.45, 7) is 0.331. The van der Waals surface area contributed by atoms with E-state index in [1.165, 1.54) is 17.0 Å². The molecule has 0 radical (unpaired) electrons. The van der Waals surface area contributed by atoms with Crippen molar-refractivity contribution in [2.75, 3.05) is 0 Å². The van der Waals surface area contributed by atoms with Crippen LogP contribution in [0.25, 0.3) is 6.08 Å². The van der Waals surface area contributed by atoms with Gasteiger partial charge in [-0.15, -0.1) is 0 Å². The largest absolute Gasteiger partial charge is 0.487 e. The van der Waals surface area contributed by atoms with Crippen LogP contribution in [-0.2, 0) is 11.4 Å². The van der Waals surface area contributed by atoms with Gasteiger partial charge in [0, 0.05) is 6.04 Å². The second-order valence-corrected chi connectivity index (χ2v) is 10.0. The summed E-state index contributed by atoms with van der Waals surface area (Å²) >= 11 is 4.39. The van der Waals surface area contributed by atoms with E-state index in [0.717, 1.165) is 56.1 Å². The lowest BCUT2D eigenvalue weighted by Gasteiger charge is -2.28. The van der Waals surface area contributed by atoms with Crippen LogP contribution in [0, 0.1) is 13.0 Å². The molecule has 0 bridgehead atoms. The van der Waals surface area contributed by atoms with Crippen LogP contribution in [0.1, 0.15) is 43.2 Å². The first-order chi connectivity index (χ1) is 14.9. The second-order valence-electron chi connectivity index (χ2n) is 7.68. The van der Waals surface area contributed by atoms with Crippen LogP contribution < -0.4 is 10.1 Å². The smallest absolute Gasteiger partial charge is 0.329 e. The Morgan fingerprint density at radius 2 is 1.71 bits per heavy atom. The lowest BCUT2D eigenvalue weighted by Crippen LogP contribution is -2.41. The van der Waals surface area contributed by atoms with Gasteiger partial charge in [-0.05, 0) is 99.5 Å². The molecule has 0 atom stereocenters. The molecular formula is C23H21FI2N2O3. The SMILES string of the molecule is O=C1N/C(=C\c2cc(I)c(OCc3ccc(F)cc3)c(I)c2)C(=O)N1C1CCCCC1. The Morgan fingerprint density at radius 1 is 1.06 bits per heavy atom. The maximum absolute atomic E-state index is 13.1. The van der Waals surface area contributed by atoms with Crippen molar-refractivity contribution in [3.05, 3.63) is 66.2 Å². The van der Waals surface area contributed by atoms with Gasteiger partial charge >= 0.3 is 6.03 Å². The number of carbonyl (C=O) groups excluding carboxylic acids is 2. The molecule has 3 amide bonds. The Balaban J connectivity index is 1.49. The summed E-state index contributed by atoms with van der Waals surface area (Å²) in [7, 11) is 0. The number of carbonyl (C=O) groups is 2. The third-order valence-corrected chi connectivity index (χ3v) is 7.08. The molecule has 1 N–H and O–H groups in total. The van der Waals surface area contributed by atoms with Gasteiger partial charge in [0.25, 0.3) is 5.91 Å². The zero-order chi connectivity index (χ0) is 22.0. The van der Waals surface area contributed by atoms with Crippen molar-refractivity contribution >= 4 is 63.2 Å². The molecule has 2 aromatic rings. The number of ether oxygens (including phenoxy) is 1. The molecular weight excluding hydrogens is 625 g/mol. The molecule has 5 nitrogen and oxygen atoms in total. The second kappa shape index (κ2) is 9.85. The van der Waals surface area contributed by atoms with Crippen molar-refractivity contribution in [2.45, 2.75) is 44.8 Å². The number of hydrogen-bond acceptors (Lipinski definition) is 3. The molecule has 0 unspecified atom stereocenters. The predicted octanol–water partition coefficient (Wildman–Crippen LogP) is 5.84. The van der Waals surface area contributed by atoms with Crippen LogP contribution in [0.3, 0.4) is 0 Å². The molecule has 162 valence electrons. The highest BCUT2D eigenvalue weighted by Crippen LogP contribution is 2.31. The van der Waals surface area contributed by atoms with E-state index in [2.05, 4.69) is 50.5 Å². The third-order valence-electron chi connectivity index (χ3n) is 5.48. The van der Waals surface area contributed by atoms with Gasteiger partial charge in [0.1, 0.15) is 23.9 Å². The average molecular weight is 646 g/mol. The summed E-state index contributed by atoms with van der Waals surface area (Å²) in [4.78, 5) is 26.7. The number of urea groups is 1. The number of nitrogens with zero attached hydrogens (tertiary/aromatic N) is 1. The van der Waals surface area contributed by atoms with Crippen molar-refractivity contribution < 1.29 is 18.7 Å². The highest BCUT2D eigenvalue weighted by molar-refractivity contribution is 14.1. The Hall–Kier alpha value is -1.69. The Morgan fingerprint density at radius 3 is 2.35 bits per heavy atom. The zero-order valence-electron chi connectivity index (χ0n) is 16.7. The van der Waals surface area contributed by atoms with E-state index in [0.29, 0.717) is 12.3 Å². The summed E-state index contributed by atoms with van der Waals surface area (Å²) in [5.41, 5.74) is 2.00. The van der Waals surface area contributed by atoms with Crippen LogP contribution >= 0.6 is 45.2 Å². The van der Waals surface area contributed by atoms with Crippen LogP contribution in [0.5, 0.6) is 5.75 Å². The zero-order valence-corrected chi connectivity index (χ0v) is 21.0. The Kier molecular flexibility index (Phi) is 7.15. The van der Waals surface area contributed by atoms with Crippen molar-refractivity contribution in [3.8, 4) is 5.75 Å². The van der Waals surface area contributed by atoms with Gasteiger partial charge in [0.05, 0.1) is 7.14 Å². The van der Waals surface area contributed by atoms with Crippen LogP contribution in [0.15, 0.2) is 42.1 Å². The highest BCUT2D eigenvalue weighted by atomic mass is 127. The fraction of sp³-hybridized carbons (Fsp3) is 0.304. The molecule has 2 aromatic carbocycles. The standard InChI is InChI=1S/C23H21FI2N2O3/c24-16-8-6-14(7-9-16)13-31-21-18(25)10-15(11-19(21)26)12-20-22(29)28(23(30)27-20)17-4-2-1-3-5-17/h6-12,17H,1-5,13H2,(H,27,30)/b20-12-. The number of halogens is 3. The lowest BCUT2D eigenvalue weighted by molar-refractivity contribution is -0.124. The minimum atomic E-state index is -0.327. The van der Waals surface area contributed by atoms with Gasteiger partial charge in [0.2, 0.25) is 0 Å². The minimum absolute atomic E-state index is 0.00494. The third kappa shape index (κ3) is 5.21. The van der Waals surface area contributed by atoms with Crippen LogP contribution in [-0.4, -0.2) is 22.9 Å². The number of imide groups is 1. The number of rotatable bonds is 5. The molecule has 1 aliphatic carbocycles. The van der Waals surface area contributed by atoms with Gasteiger partial charge in [0.15, 0.2) is 0 Å². The van der Waals surface area contributed by atoms with E-state index >= 15 is 0 Å². The highest BCUT2D eigenvalue weighted by Gasteiger charge is 2.38. The predicted molar refractivity (Wildman–Crippen MR) is 133 cm³/mol. The summed E-state index contributed by atoms with van der Waals surface area (Å²) in [5.74, 6) is 0.206. The van der Waals surface area contributed by atoms with E-state index in [1.54, 1.807) is 18.2 Å². The van der Waals surface area contributed by atoms with Gasteiger partial charge in [-0.1, -0.05) is 31.4 Å². The molecule has 1 heterocycles. The molecule has 8 heteroatoms. The maximum Gasteiger partial charge on any atom is 0.329 e. The number of amides is 3. The number of hydrogen-bond donors (Lipinski definition) is 1. The number of nitrogens with one attached hydrogen (secondary N) is 1. The molecule has 1 saturated carbocycles. The normalized spacial score (nSPS) is 18.5. The van der Waals surface area contributed by atoms with Gasteiger partial charge < -0.3 is 10.1 Å². The fourth-order valence-electron chi connectivity index (χ4n) is 3.92. The molecule has 2 aliphatic rings. The first-order valence-corrected chi connectivity index (χ1v) is 12.3. The molecule has 0 aromatic heterocycles. The van der Waals surface area contributed by atoms with E-state index in [4.69, 9.17) is 4.74 Å². The minimum Gasteiger partial charge on any atom is -0.487 e. The van der Waals surface area contributed by atoms with Gasteiger partial charge in [-0.3, -0.25) is 9.69 Å². The quantitative estimate of drug-likeness (QED) is 0.253. The Bertz CT molecular complexity index is 1010. The van der Waals surface area contributed by atoms with Crippen LogP contribution in [0.2, 0.25) is 0 Å². The molecule has 0 spiro atoms. The van der Waals surface area contributed by atoms with E-state index in [-0.39, 0.29) is 23.8 Å². The molecule has 2 fully saturated rings. The lowest BCUT2D eigenvalue weighted by atomic mass is 9.94. The van der Waals surface area contributed by atoms with Crippen molar-refractivity contribution in [1.29, 1.82) is 0 Å².